The minimum Gasteiger partial charge on any atom is -0.381 e. The summed E-state index contributed by atoms with van der Waals surface area (Å²) in [5.74, 6) is -4.46. The molecule has 6 rings (SSSR count). The first kappa shape index (κ1) is 32.0. The Balaban J connectivity index is 1.36. The van der Waals surface area contributed by atoms with Crippen molar-refractivity contribution in [2.45, 2.75) is 100 Å². The van der Waals surface area contributed by atoms with Crippen LogP contribution >= 0.6 is 0 Å². The smallest absolute Gasteiger partial charge is 0.235 e. The number of imide groups is 2. The van der Waals surface area contributed by atoms with Crippen molar-refractivity contribution < 1.29 is 47.6 Å². The Morgan fingerprint density at radius 2 is 0.818 bits per heavy atom. The van der Waals surface area contributed by atoms with Crippen LogP contribution in [0.5, 0.6) is 0 Å². The van der Waals surface area contributed by atoms with Crippen LogP contribution in [0.25, 0.3) is 0 Å². The summed E-state index contributed by atoms with van der Waals surface area (Å²) in [5, 5.41) is 0. The molecule has 0 aromatic rings. The topological polar surface area (TPSA) is 130 Å². The predicted molar refractivity (Wildman–Crippen MR) is 154 cm³/mol. The third-order valence-corrected chi connectivity index (χ3v) is 12.1. The molecule has 14 unspecified atom stereocenters. The molecular formula is C32H48N2O10. The van der Waals surface area contributed by atoms with Crippen LogP contribution < -0.4 is 0 Å². The zero-order valence-corrected chi connectivity index (χ0v) is 26.7. The van der Waals surface area contributed by atoms with Gasteiger partial charge in [-0.25, -0.2) is 0 Å². The molecule has 6 aliphatic rings. The number of amides is 4. The number of likely N-dealkylation sites (tertiary alicyclic amines) is 2. The lowest BCUT2D eigenvalue weighted by atomic mass is 9.49. The normalized spacial score (nSPS) is 45.9. The van der Waals surface area contributed by atoms with Crippen molar-refractivity contribution >= 4 is 23.6 Å². The summed E-state index contributed by atoms with van der Waals surface area (Å²) in [7, 11) is 9.67. The quantitative estimate of drug-likeness (QED) is 0.368. The molecule has 6 fully saturated rings. The van der Waals surface area contributed by atoms with E-state index in [-0.39, 0.29) is 48.0 Å². The molecule has 44 heavy (non-hydrogen) atoms. The highest BCUT2D eigenvalue weighted by Crippen LogP contribution is 2.59. The molecule has 0 radical (unpaired) electrons. The lowest BCUT2D eigenvalue weighted by molar-refractivity contribution is -0.216. The van der Waals surface area contributed by atoms with Crippen LogP contribution in [0, 0.1) is 35.5 Å². The number of piperidine rings is 2. The fourth-order valence-electron chi connectivity index (χ4n) is 10.0. The van der Waals surface area contributed by atoms with Gasteiger partial charge in [0.1, 0.15) is 0 Å². The van der Waals surface area contributed by atoms with Crippen LogP contribution in [0.1, 0.15) is 51.4 Å². The number of nitrogens with zero attached hydrogens (tertiary/aromatic N) is 2. The monoisotopic (exact) mass is 620 g/mol. The molecule has 0 N–H and O–H groups in total. The van der Waals surface area contributed by atoms with Crippen molar-refractivity contribution in [1.29, 1.82) is 0 Å². The Kier molecular flexibility index (Phi) is 9.22. The number of carbonyl (C=O) groups excluding carboxylic acids is 4. The average Bonchev–Trinajstić information content (AvgIpc) is 3.05. The second-order valence-corrected chi connectivity index (χ2v) is 13.6. The summed E-state index contributed by atoms with van der Waals surface area (Å²) in [5.41, 5.74) is 0. The highest BCUT2D eigenvalue weighted by atomic mass is 16.5. The zero-order valence-electron chi connectivity index (χ0n) is 26.7. The average molecular weight is 621 g/mol. The lowest BCUT2D eigenvalue weighted by Gasteiger charge is -2.61. The summed E-state index contributed by atoms with van der Waals surface area (Å²) in [6.07, 6.45) is 2.53. The van der Waals surface area contributed by atoms with Crippen LogP contribution in [0.15, 0.2) is 0 Å². The van der Waals surface area contributed by atoms with E-state index in [1.807, 2.05) is 0 Å². The van der Waals surface area contributed by atoms with Gasteiger partial charge in [0, 0.05) is 67.3 Å². The summed E-state index contributed by atoms with van der Waals surface area (Å²) >= 11 is 0. The second-order valence-electron chi connectivity index (χ2n) is 13.6. The molecule has 4 aliphatic carbocycles. The fraction of sp³-hybridized carbons (Fsp3) is 0.875. The first-order valence-electron chi connectivity index (χ1n) is 16.1. The molecule has 14 atom stereocenters. The molecule has 0 spiro atoms. The third kappa shape index (κ3) is 4.86. The third-order valence-electron chi connectivity index (χ3n) is 12.1. The van der Waals surface area contributed by atoms with Gasteiger partial charge in [0.05, 0.1) is 60.5 Å². The molecule has 2 heterocycles. The van der Waals surface area contributed by atoms with Crippen molar-refractivity contribution in [3.8, 4) is 0 Å². The Labute approximate surface area is 259 Å². The van der Waals surface area contributed by atoms with E-state index in [2.05, 4.69) is 0 Å². The van der Waals surface area contributed by atoms with Crippen LogP contribution in [0.4, 0.5) is 0 Å². The molecule has 0 bridgehead atoms. The summed E-state index contributed by atoms with van der Waals surface area (Å²) in [4.78, 5) is 60.7. The molecule has 2 aliphatic heterocycles. The molecule has 0 aromatic heterocycles. The maximum Gasteiger partial charge on any atom is 0.235 e. The largest absolute Gasteiger partial charge is 0.381 e. The molecule has 4 saturated carbocycles. The Morgan fingerprint density at radius 3 is 1.14 bits per heavy atom. The molecule has 12 heteroatoms. The van der Waals surface area contributed by atoms with Gasteiger partial charge in [0.15, 0.2) is 0 Å². The lowest BCUT2D eigenvalue weighted by Crippen LogP contribution is -2.74. The summed E-state index contributed by atoms with van der Waals surface area (Å²) in [6, 6.07) is -0.834. The zero-order chi connectivity index (χ0) is 31.4. The molecular weight excluding hydrogens is 572 g/mol. The van der Waals surface area contributed by atoms with E-state index in [0.717, 1.165) is 0 Å². The van der Waals surface area contributed by atoms with Crippen LogP contribution in [0.3, 0.4) is 0 Å². The van der Waals surface area contributed by atoms with E-state index in [9.17, 15) is 19.2 Å². The van der Waals surface area contributed by atoms with Gasteiger partial charge in [-0.15, -0.1) is 0 Å². The number of hydrogen-bond acceptors (Lipinski definition) is 10. The van der Waals surface area contributed by atoms with Gasteiger partial charge in [-0.2, -0.15) is 0 Å². The van der Waals surface area contributed by atoms with Crippen molar-refractivity contribution in [2.24, 2.45) is 35.5 Å². The Bertz CT molecular complexity index is 1050. The molecule has 0 aromatic carbocycles. The van der Waals surface area contributed by atoms with Gasteiger partial charge in [-0.05, 0) is 50.4 Å². The van der Waals surface area contributed by atoms with E-state index < -0.39 is 59.8 Å². The first-order valence-corrected chi connectivity index (χ1v) is 16.1. The number of rotatable bonds is 8. The standard InChI is InChI=1S/C32H48N2O10/c1-39-15-7-9-19(21(11-15)41-3)33-29(35)17-13-24(44-6)28-26-18(14-23(43-5)27(25(17)26)31(33)37)30(36)34(32(28)38)20-10-8-16(40-2)12-22(20)42-4/h15-28H,7-14H2,1-6H3. The predicted octanol–water partition coefficient (Wildman–Crippen LogP) is 1.42. The number of hydrogen-bond donors (Lipinski definition) is 0. The van der Waals surface area contributed by atoms with Gasteiger partial charge >= 0.3 is 0 Å². The molecule has 4 amide bonds. The number of ether oxygens (including phenoxy) is 6. The SMILES string of the molecule is COC1CCC(N2C(=O)C3CC(OC)C4C(=O)N(C5CCC(OC)CC5OC)C(=O)C5CC(OC)C(C2=O)C3C54)C(OC)C1. The fourth-order valence-corrected chi connectivity index (χ4v) is 10.0. The van der Waals surface area contributed by atoms with Crippen LogP contribution in [-0.2, 0) is 47.6 Å². The summed E-state index contributed by atoms with van der Waals surface area (Å²) in [6.45, 7) is 0. The van der Waals surface area contributed by atoms with Gasteiger partial charge in [0.2, 0.25) is 23.6 Å². The minimum atomic E-state index is -0.641. The van der Waals surface area contributed by atoms with E-state index in [4.69, 9.17) is 28.4 Å². The van der Waals surface area contributed by atoms with Crippen LogP contribution in [-0.4, -0.2) is 125 Å². The van der Waals surface area contributed by atoms with Gasteiger partial charge in [-0.1, -0.05) is 0 Å². The minimum absolute atomic E-state index is 0.00104. The Hall–Kier alpha value is -1.96. The molecule has 2 saturated heterocycles. The maximum atomic E-state index is 14.5. The second kappa shape index (κ2) is 12.7. The highest BCUT2D eigenvalue weighted by Gasteiger charge is 2.69. The van der Waals surface area contributed by atoms with E-state index in [0.29, 0.717) is 51.4 Å². The highest BCUT2D eigenvalue weighted by molar-refractivity contribution is 6.05. The molecule has 12 nitrogen and oxygen atoms in total. The van der Waals surface area contributed by atoms with Crippen molar-refractivity contribution in [2.75, 3.05) is 42.7 Å². The van der Waals surface area contributed by atoms with Crippen LogP contribution in [0.2, 0.25) is 0 Å². The number of carbonyl (C=O) groups is 4. The van der Waals surface area contributed by atoms with Crippen molar-refractivity contribution in [3.63, 3.8) is 0 Å². The maximum absolute atomic E-state index is 14.5. The number of methoxy groups -OCH3 is 6. The summed E-state index contributed by atoms with van der Waals surface area (Å²) < 4.78 is 34.8. The van der Waals surface area contributed by atoms with Crippen molar-refractivity contribution in [1.82, 2.24) is 9.80 Å². The first-order chi connectivity index (χ1) is 21.2. The van der Waals surface area contributed by atoms with Gasteiger partial charge < -0.3 is 28.4 Å². The van der Waals surface area contributed by atoms with Gasteiger partial charge in [0.25, 0.3) is 0 Å². The molecule has 246 valence electrons. The Morgan fingerprint density at radius 1 is 0.455 bits per heavy atom. The van der Waals surface area contributed by atoms with Crippen molar-refractivity contribution in [3.05, 3.63) is 0 Å². The van der Waals surface area contributed by atoms with E-state index >= 15 is 0 Å². The van der Waals surface area contributed by atoms with E-state index in [1.54, 1.807) is 42.7 Å². The van der Waals surface area contributed by atoms with Gasteiger partial charge in [-0.3, -0.25) is 29.0 Å². The van der Waals surface area contributed by atoms with E-state index in [1.165, 1.54) is 9.80 Å².